The van der Waals surface area contributed by atoms with Crippen LogP contribution in [-0.4, -0.2) is 106 Å². The van der Waals surface area contributed by atoms with Gasteiger partial charge in [-0.05, 0) is 54.8 Å². The van der Waals surface area contributed by atoms with E-state index in [-0.39, 0.29) is 71.4 Å². The molecule has 4 atom stereocenters. The predicted octanol–water partition coefficient (Wildman–Crippen LogP) is 4.24. The number of aliphatic carboxylic acids is 4. The summed E-state index contributed by atoms with van der Waals surface area (Å²) in [4.78, 5) is 61.5. The molecule has 53 heavy (non-hydrogen) atoms. The number of hydrogen-bond donors (Lipinski definition) is 5. The molecule has 1 aliphatic carbocycles. The van der Waals surface area contributed by atoms with E-state index >= 15 is 0 Å². The van der Waals surface area contributed by atoms with E-state index in [2.05, 4.69) is 0 Å². The normalized spacial score (nSPS) is 18.9. The number of phenols is 1. The summed E-state index contributed by atoms with van der Waals surface area (Å²) in [5.74, 6) is -5.72. The number of carbonyl (C=O) groups is 5. The number of alkyl halides is 1. The second kappa shape index (κ2) is 16.5. The minimum absolute atomic E-state index is 0.0270. The third-order valence-corrected chi connectivity index (χ3v) is 9.60. The van der Waals surface area contributed by atoms with Crippen LogP contribution in [-0.2, 0) is 24.0 Å². The largest absolute Gasteiger partial charge is 0.506 e. The second-order valence-corrected chi connectivity index (χ2v) is 13.6. The highest BCUT2D eigenvalue weighted by Crippen LogP contribution is 2.52. The zero-order valence-corrected chi connectivity index (χ0v) is 29.7. The van der Waals surface area contributed by atoms with Gasteiger partial charge in [0.05, 0.1) is 21.8 Å². The number of aryl methyl sites for hydroxylation is 1. The van der Waals surface area contributed by atoms with Crippen molar-refractivity contribution in [1.82, 2.24) is 0 Å². The number of hydrogen-bond acceptors (Lipinski definition) is 11. The van der Waals surface area contributed by atoms with Gasteiger partial charge in [-0.1, -0.05) is 23.7 Å². The molecule has 0 aromatic heterocycles. The van der Waals surface area contributed by atoms with Gasteiger partial charge in [0.25, 0.3) is 0 Å². The molecule has 17 heteroatoms. The highest BCUT2D eigenvalue weighted by Gasteiger charge is 2.46. The molecule has 1 saturated carbocycles. The molecule has 0 amide bonds. The fourth-order valence-corrected chi connectivity index (χ4v) is 7.18. The fourth-order valence-electron chi connectivity index (χ4n) is 6.71. The molecule has 1 aliphatic heterocycles. The van der Waals surface area contributed by atoms with Crippen molar-refractivity contribution in [2.24, 2.45) is 5.92 Å². The molecule has 1 heterocycles. The number of Topliss-reactive ketones (excluding diaryl/α,β-unsaturated/α-hetero) is 1. The van der Waals surface area contributed by atoms with Crippen LogP contribution in [0.2, 0.25) is 5.02 Å². The lowest BCUT2D eigenvalue weighted by atomic mass is 9.69. The number of anilines is 2. The maximum absolute atomic E-state index is 12.6. The molecular formula is C36H36Cl2N2O13. The van der Waals surface area contributed by atoms with Crippen LogP contribution in [0.3, 0.4) is 0 Å². The van der Waals surface area contributed by atoms with Gasteiger partial charge in [0, 0.05) is 29.9 Å². The Kier molecular flexibility index (Phi) is 12.1. The van der Waals surface area contributed by atoms with E-state index in [0.717, 1.165) is 15.4 Å². The quantitative estimate of drug-likeness (QED) is 0.101. The summed E-state index contributed by atoms with van der Waals surface area (Å²) in [5.41, 5.74) is 2.33. The zero-order chi connectivity index (χ0) is 38.6. The van der Waals surface area contributed by atoms with Crippen molar-refractivity contribution < 1.29 is 63.7 Å². The van der Waals surface area contributed by atoms with Crippen LogP contribution in [0, 0.1) is 12.8 Å². The van der Waals surface area contributed by atoms with E-state index in [0.29, 0.717) is 16.9 Å². The Morgan fingerprint density at radius 1 is 0.811 bits per heavy atom. The van der Waals surface area contributed by atoms with Crippen LogP contribution in [0.4, 0.5) is 11.4 Å². The molecule has 1 fully saturated rings. The molecule has 3 aromatic rings. The van der Waals surface area contributed by atoms with Crippen LogP contribution >= 0.6 is 23.2 Å². The van der Waals surface area contributed by atoms with Gasteiger partial charge in [-0.3, -0.25) is 24.0 Å². The van der Waals surface area contributed by atoms with Gasteiger partial charge in [-0.15, -0.1) is 11.6 Å². The molecule has 0 radical (unpaired) electrons. The summed E-state index contributed by atoms with van der Waals surface area (Å²) in [6.45, 7) is -1.13. The number of carboxylic acids is 4. The second-order valence-electron chi connectivity index (χ2n) is 12.7. The highest BCUT2D eigenvalue weighted by atomic mass is 35.5. The van der Waals surface area contributed by atoms with E-state index in [9.17, 15) is 49.5 Å². The Balaban J connectivity index is 1.51. The Bertz CT molecular complexity index is 1890. The van der Waals surface area contributed by atoms with Crippen LogP contribution in [0.25, 0.3) is 0 Å². The van der Waals surface area contributed by atoms with Crippen LogP contribution in [0.15, 0.2) is 48.5 Å². The van der Waals surface area contributed by atoms with E-state index in [1.165, 1.54) is 12.1 Å². The number of nitrogens with zero attached hydrogens (tertiary/aromatic N) is 2. The van der Waals surface area contributed by atoms with Gasteiger partial charge < -0.3 is 49.5 Å². The lowest BCUT2D eigenvalue weighted by Crippen LogP contribution is -2.45. The number of aromatic hydroxyl groups is 1. The summed E-state index contributed by atoms with van der Waals surface area (Å²) < 4.78 is 18.3. The highest BCUT2D eigenvalue weighted by molar-refractivity contribution is 6.32. The molecule has 4 unspecified atom stereocenters. The smallest absolute Gasteiger partial charge is 0.323 e. The third kappa shape index (κ3) is 9.34. The van der Waals surface area contributed by atoms with Crippen molar-refractivity contribution in [3.8, 4) is 23.0 Å². The molecule has 5 N–H and O–H groups in total. The molecule has 5 rings (SSSR count). The predicted molar refractivity (Wildman–Crippen MR) is 190 cm³/mol. The van der Waals surface area contributed by atoms with Crippen molar-refractivity contribution in [2.45, 2.75) is 37.2 Å². The van der Waals surface area contributed by atoms with Gasteiger partial charge in [0.1, 0.15) is 68.5 Å². The lowest BCUT2D eigenvalue weighted by Gasteiger charge is -2.43. The van der Waals surface area contributed by atoms with Crippen molar-refractivity contribution in [2.75, 3.05) is 49.2 Å². The molecule has 2 aliphatic rings. The van der Waals surface area contributed by atoms with Gasteiger partial charge in [0.15, 0.2) is 5.78 Å². The van der Waals surface area contributed by atoms with Crippen LogP contribution in [0.5, 0.6) is 23.0 Å². The number of rotatable bonds is 16. The maximum Gasteiger partial charge on any atom is 0.323 e. The summed E-state index contributed by atoms with van der Waals surface area (Å²) in [6, 6.07) is 12.6. The minimum atomic E-state index is -1.29. The number of carboxylic acid groups (broad SMARTS) is 4. The van der Waals surface area contributed by atoms with Crippen molar-refractivity contribution in [3.05, 3.63) is 70.2 Å². The Hall–Kier alpha value is -5.41. The Labute approximate surface area is 312 Å². The standard InChI is InChI=1S/C36H36Cl2N2O13/c1-18-2-4-24(39(14-32(43)44)15-33(45)46)30(8-18)51-6-7-52-31-9-19(3-5-25(31)40(16-34(47)48)17-35(49)50)36-20-10-22(37)26(41)12-28(20)53-29-13-27(42)23(38)11-21(29)36/h2-5,8-10,12,21,23,29,36,41H,6-7,11,13-17H2,1H3,(H,43,44)(H,45,46)(H,47,48)(H,49,50). The molecule has 3 aromatic carbocycles. The molecular weight excluding hydrogens is 739 g/mol. The first-order valence-electron chi connectivity index (χ1n) is 16.3. The number of halogens is 2. The van der Waals surface area contributed by atoms with Crippen LogP contribution < -0.4 is 24.0 Å². The number of ketones is 1. The van der Waals surface area contributed by atoms with Gasteiger partial charge in [-0.2, -0.15) is 0 Å². The summed E-state index contributed by atoms with van der Waals surface area (Å²) in [5, 5.41) is 47.7. The lowest BCUT2D eigenvalue weighted by molar-refractivity contribution is -0.138. The molecule has 282 valence electrons. The summed E-state index contributed by atoms with van der Waals surface area (Å²) >= 11 is 12.8. The van der Waals surface area contributed by atoms with E-state index in [4.69, 9.17) is 37.4 Å². The van der Waals surface area contributed by atoms with Gasteiger partial charge in [0.2, 0.25) is 0 Å². The van der Waals surface area contributed by atoms with E-state index < -0.39 is 67.5 Å². The first-order chi connectivity index (χ1) is 25.1. The van der Waals surface area contributed by atoms with Crippen molar-refractivity contribution >= 4 is 64.2 Å². The molecule has 0 bridgehead atoms. The zero-order valence-electron chi connectivity index (χ0n) is 28.2. The van der Waals surface area contributed by atoms with E-state index in [1.54, 1.807) is 43.3 Å². The number of carbonyl (C=O) groups excluding carboxylic acids is 1. The SMILES string of the molecule is Cc1ccc(N(CC(=O)O)CC(=O)O)c(OCCOc2cc(C3c4cc(Cl)c(O)cc4OC4CC(=O)C(Cl)CC43)ccc2N(CC(=O)O)CC(=O)O)c1. The number of phenolic OH excluding ortho intramolecular Hbond substituents is 1. The molecule has 0 saturated heterocycles. The first kappa shape index (κ1) is 38.8. The van der Waals surface area contributed by atoms with E-state index in [1.807, 2.05) is 0 Å². The monoisotopic (exact) mass is 774 g/mol. The summed E-state index contributed by atoms with van der Waals surface area (Å²) in [7, 11) is 0. The van der Waals surface area contributed by atoms with Gasteiger partial charge in [-0.25, -0.2) is 0 Å². The van der Waals surface area contributed by atoms with Gasteiger partial charge >= 0.3 is 23.9 Å². The van der Waals surface area contributed by atoms with Crippen molar-refractivity contribution in [3.63, 3.8) is 0 Å². The Morgan fingerprint density at radius 2 is 1.34 bits per heavy atom. The molecule has 0 spiro atoms. The average molecular weight is 776 g/mol. The third-order valence-electron chi connectivity index (χ3n) is 8.87. The number of benzene rings is 3. The number of fused-ring (bicyclic) bond motifs is 2. The van der Waals surface area contributed by atoms with Crippen LogP contribution in [0.1, 0.15) is 35.4 Å². The topological polar surface area (TPSA) is 221 Å². The average Bonchev–Trinajstić information content (AvgIpc) is 3.06. The maximum atomic E-state index is 12.6. The minimum Gasteiger partial charge on any atom is -0.506 e. The number of ether oxygens (including phenoxy) is 3. The first-order valence-corrected chi connectivity index (χ1v) is 17.2. The summed E-state index contributed by atoms with van der Waals surface area (Å²) in [6.07, 6.45) is -0.309. The fraction of sp³-hybridized carbons (Fsp3) is 0.361. The van der Waals surface area contributed by atoms with Crippen molar-refractivity contribution in [1.29, 1.82) is 0 Å². The Morgan fingerprint density at radius 3 is 1.89 bits per heavy atom. The molecule has 15 nitrogen and oxygen atoms in total.